The molecule has 3 aromatic carbocycles. The number of carbonyl (C=O) groups excluding carboxylic acids is 2. The monoisotopic (exact) mass is 556 g/mol. The van der Waals surface area contributed by atoms with Crippen molar-refractivity contribution in [2.75, 3.05) is 14.2 Å². The molecule has 210 valence electrons. The Balaban J connectivity index is 1.87. The molecule has 0 N–H and O–H groups in total. The van der Waals surface area contributed by atoms with Gasteiger partial charge in [-0.15, -0.1) is 0 Å². The highest BCUT2D eigenvalue weighted by atomic mass is 19.4. The third kappa shape index (κ3) is 5.63. The average molecular weight is 557 g/mol. The molecule has 1 aliphatic rings. The molecular weight excluding hydrogens is 529 g/mol. The van der Waals surface area contributed by atoms with Gasteiger partial charge in [0.1, 0.15) is 17.8 Å². The third-order valence-corrected chi connectivity index (χ3v) is 7.31. The SMILES string of the molecule is COc1ccc([C@H](Cc2c([N+](=O)[O-])cccc2C(F)(F)F)[C@@H]2C(=O)O[C@@H](c3ccccc3)[C@@H](C)N(C)C2=O)cc1. The fourth-order valence-corrected chi connectivity index (χ4v) is 5.07. The number of alkyl halides is 3. The van der Waals surface area contributed by atoms with Crippen LogP contribution >= 0.6 is 0 Å². The van der Waals surface area contributed by atoms with Gasteiger partial charge in [0.15, 0.2) is 0 Å². The number of esters is 1. The van der Waals surface area contributed by atoms with Crippen molar-refractivity contribution < 1.29 is 37.2 Å². The molecule has 0 unspecified atom stereocenters. The quantitative estimate of drug-likeness (QED) is 0.160. The van der Waals surface area contributed by atoms with Crippen molar-refractivity contribution in [3.05, 3.63) is 105 Å². The van der Waals surface area contributed by atoms with Crippen LogP contribution in [0.15, 0.2) is 72.8 Å². The number of nitro groups is 1. The van der Waals surface area contributed by atoms with Gasteiger partial charge in [-0.25, -0.2) is 0 Å². The normalized spacial score (nSPS) is 20.4. The number of ether oxygens (including phenoxy) is 2. The maximum absolute atomic E-state index is 14.1. The van der Waals surface area contributed by atoms with Crippen molar-refractivity contribution in [3.8, 4) is 5.75 Å². The van der Waals surface area contributed by atoms with E-state index in [2.05, 4.69) is 0 Å². The van der Waals surface area contributed by atoms with E-state index in [0.717, 1.165) is 18.2 Å². The van der Waals surface area contributed by atoms with Crippen LogP contribution in [0, 0.1) is 16.0 Å². The first kappa shape index (κ1) is 28.6. The standard InChI is InChI=1S/C29H27F3N2O6/c1-17-26(19-8-5-4-6-9-19)40-28(36)25(27(35)33(17)2)21(18-12-14-20(39-3)15-13-18)16-22-23(29(30,31)32)10-7-11-24(22)34(37)38/h4-15,17,21,25-26H,16H2,1-3H3/t17-,21+,25+,26-/m1/s1. The molecule has 4 rings (SSSR count). The van der Waals surface area contributed by atoms with Crippen LogP contribution in [-0.2, 0) is 26.9 Å². The van der Waals surface area contributed by atoms with Crippen LogP contribution in [0.5, 0.6) is 5.75 Å². The van der Waals surface area contributed by atoms with Crippen molar-refractivity contribution in [1.82, 2.24) is 4.90 Å². The highest BCUT2D eigenvalue weighted by Crippen LogP contribution is 2.42. The largest absolute Gasteiger partial charge is 0.497 e. The molecule has 3 aromatic rings. The predicted octanol–water partition coefficient (Wildman–Crippen LogP) is 5.71. The Morgan fingerprint density at radius 1 is 1.02 bits per heavy atom. The molecule has 1 heterocycles. The Morgan fingerprint density at radius 3 is 2.25 bits per heavy atom. The van der Waals surface area contributed by atoms with E-state index in [9.17, 15) is 32.9 Å². The smallest absolute Gasteiger partial charge is 0.416 e. The number of amides is 1. The van der Waals surface area contributed by atoms with Crippen molar-refractivity contribution in [3.63, 3.8) is 0 Å². The van der Waals surface area contributed by atoms with Gasteiger partial charge in [0.25, 0.3) is 5.69 Å². The zero-order chi connectivity index (χ0) is 29.2. The van der Waals surface area contributed by atoms with Crippen LogP contribution in [0.3, 0.4) is 0 Å². The Labute approximate surface area is 228 Å². The molecule has 0 aromatic heterocycles. The lowest BCUT2D eigenvalue weighted by atomic mass is 9.79. The minimum Gasteiger partial charge on any atom is -0.497 e. The molecule has 0 saturated carbocycles. The lowest BCUT2D eigenvalue weighted by molar-refractivity contribution is -0.385. The number of hydrogen-bond acceptors (Lipinski definition) is 6. The molecule has 0 radical (unpaired) electrons. The van der Waals surface area contributed by atoms with Crippen molar-refractivity contribution in [2.24, 2.45) is 5.92 Å². The van der Waals surface area contributed by atoms with E-state index in [1.165, 1.54) is 43.3 Å². The minimum absolute atomic E-state index is 0.321. The van der Waals surface area contributed by atoms with E-state index in [4.69, 9.17) is 9.47 Å². The van der Waals surface area contributed by atoms with Crippen LogP contribution in [0.1, 0.15) is 41.2 Å². The molecular formula is C29H27F3N2O6. The second kappa shape index (κ2) is 11.4. The number of nitrogens with zero attached hydrogens (tertiary/aromatic N) is 2. The highest BCUT2D eigenvalue weighted by Gasteiger charge is 2.47. The topological polar surface area (TPSA) is 99.0 Å². The van der Waals surface area contributed by atoms with Gasteiger partial charge < -0.3 is 14.4 Å². The number of methoxy groups -OCH3 is 1. The van der Waals surface area contributed by atoms with Crippen LogP contribution in [-0.4, -0.2) is 41.9 Å². The maximum atomic E-state index is 14.1. The van der Waals surface area contributed by atoms with Crippen molar-refractivity contribution in [2.45, 2.75) is 37.6 Å². The number of benzene rings is 3. The van der Waals surface area contributed by atoms with Crippen LogP contribution < -0.4 is 4.74 Å². The molecule has 1 saturated heterocycles. The van der Waals surface area contributed by atoms with Gasteiger partial charge in [-0.3, -0.25) is 19.7 Å². The lowest BCUT2D eigenvalue weighted by Crippen LogP contribution is -2.42. The molecule has 0 bridgehead atoms. The summed E-state index contributed by atoms with van der Waals surface area (Å²) in [5.41, 5.74) is -1.63. The van der Waals surface area contributed by atoms with Crippen molar-refractivity contribution >= 4 is 17.6 Å². The van der Waals surface area contributed by atoms with Gasteiger partial charge in [0, 0.05) is 24.6 Å². The van der Waals surface area contributed by atoms with Crippen LogP contribution in [0.25, 0.3) is 0 Å². The molecule has 40 heavy (non-hydrogen) atoms. The summed E-state index contributed by atoms with van der Waals surface area (Å²) in [6, 6.07) is 17.0. The van der Waals surface area contributed by atoms with E-state index >= 15 is 0 Å². The summed E-state index contributed by atoms with van der Waals surface area (Å²) in [5.74, 6) is -3.95. The fourth-order valence-electron chi connectivity index (χ4n) is 5.07. The Hall–Kier alpha value is -4.41. The summed E-state index contributed by atoms with van der Waals surface area (Å²) in [6.45, 7) is 1.71. The molecule has 4 atom stereocenters. The second-order valence-corrected chi connectivity index (χ2v) is 9.58. The van der Waals surface area contributed by atoms with Gasteiger partial charge >= 0.3 is 12.1 Å². The van der Waals surface area contributed by atoms with Gasteiger partial charge in [-0.2, -0.15) is 13.2 Å². The second-order valence-electron chi connectivity index (χ2n) is 9.58. The summed E-state index contributed by atoms with van der Waals surface area (Å²) >= 11 is 0. The van der Waals surface area contributed by atoms with E-state index in [1.54, 1.807) is 37.3 Å². The number of cyclic esters (lactones) is 1. The number of rotatable bonds is 7. The van der Waals surface area contributed by atoms with E-state index < -0.39 is 70.2 Å². The summed E-state index contributed by atoms with van der Waals surface area (Å²) < 4.78 is 53.2. The number of nitro benzene ring substituents is 1. The summed E-state index contributed by atoms with van der Waals surface area (Å²) in [6.07, 6.45) is -6.37. The number of likely N-dealkylation sites (N-methyl/N-ethyl adjacent to an activating group) is 1. The third-order valence-electron chi connectivity index (χ3n) is 7.31. The molecule has 8 nitrogen and oxygen atoms in total. The first-order valence-electron chi connectivity index (χ1n) is 12.4. The number of hydrogen-bond donors (Lipinski definition) is 0. The van der Waals surface area contributed by atoms with Crippen LogP contribution in [0.4, 0.5) is 18.9 Å². The minimum atomic E-state index is -4.91. The summed E-state index contributed by atoms with van der Waals surface area (Å²) in [4.78, 5) is 39.7. The van der Waals surface area contributed by atoms with E-state index in [1.807, 2.05) is 0 Å². The highest BCUT2D eigenvalue weighted by molar-refractivity contribution is 5.99. The van der Waals surface area contributed by atoms with Gasteiger partial charge in [0.05, 0.1) is 23.6 Å². The Morgan fingerprint density at radius 2 is 1.68 bits per heavy atom. The molecule has 1 amide bonds. The van der Waals surface area contributed by atoms with Gasteiger partial charge in [-0.05, 0) is 42.7 Å². The van der Waals surface area contributed by atoms with Crippen LogP contribution in [0.2, 0.25) is 0 Å². The average Bonchev–Trinajstić information content (AvgIpc) is 3.01. The maximum Gasteiger partial charge on any atom is 0.416 e. The Bertz CT molecular complexity index is 1400. The zero-order valence-electron chi connectivity index (χ0n) is 21.9. The number of carbonyl (C=O) groups is 2. The lowest BCUT2D eigenvalue weighted by Gasteiger charge is -2.29. The molecule has 1 aliphatic heterocycles. The summed E-state index contributed by atoms with van der Waals surface area (Å²) in [7, 11) is 2.93. The first-order chi connectivity index (χ1) is 18.9. The van der Waals surface area contributed by atoms with Gasteiger partial charge in [0.2, 0.25) is 5.91 Å². The molecule has 0 aliphatic carbocycles. The fraction of sp³-hybridized carbons (Fsp3) is 0.310. The number of halogens is 3. The zero-order valence-corrected chi connectivity index (χ0v) is 21.9. The Kier molecular flexibility index (Phi) is 8.13. The predicted molar refractivity (Wildman–Crippen MR) is 139 cm³/mol. The summed E-state index contributed by atoms with van der Waals surface area (Å²) in [5, 5.41) is 11.8. The van der Waals surface area contributed by atoms with Crippen molar-refractivity contribution in [1.29, 1.82) is 0 Å². The van der Waals surface area contributed by atoms with E-state index in [-0.39, 0.29) is 0 Å². The van der Waals surface area contributed by atoms with Gasteiger partial charge in [-0.1, -0.05) is 48.5 Å². The molecule has 0 spiro atoms. The molecule has 11 heteroatoms. The van der Waals surface area contributed by atoms with E-state index in [0.29, 0.717) is 16.9 Å². The first-order valence-corrected chi connectivity index (χ1v) is 12.4. The molecule has 1 fully saturated rings.